The molecule has 2 aromatic rings. The molecule has 0 aliphatic rings. The van der Waals surface area contributed by atoms with Gasteiger partial charge in [0, 0.05) is 30.9 Å². The van der Waals surface area contributed by atoms with Gasteiger partial charge in [-0.1, -0.05) is 0 Å². The molecule has 0 amide bonds. The molecule has 0 atom stereocenters. The van der Waals surface area contributed by atoms with E-state index >= 15 is 0 Å². The molecule has 0 aliphatic heterocycles. The maximum Gasteiger partial charge on any atom is 0.224 e. The molecule has 0 fully saturated rings. The summed E-state index contributed by atoms with van der Waals surface area (Å²) in [5.41, 5.74) is 2.01. The first-order chi connectivity index (χ1) is 9.80. The van der Waals surface area contributed by atoms with Crippen molar-refractivity contribution in [2.24, 2.45) is 0 Å². The largest absolute Gasteiger partial charge is 0.395 e. The van der Waals surface area contributed by atoms with Crippen LogP contribution >= 0.6 is 0 Å². The summed E-state index contributed by atoms with van der Waals surface area (Å²) in [6.45, 7) is 6.42. The van der Waals surface area contributed by atoms with E-state index in [1.54, 1.807) is 0 Å². The quantitative estimate of drug-likeness (QED) is 0.718. The molecule has 1 aromatic heterocycles. The molecule has 0 bridgehead atoms. The number of aliphatic hydroxyl groups excluding tert-OH is 1. The van der Waals surface area contributed by atoms with Gasteiger partial charge in [0.15, 0.2) is 5.82 Å². The summed E-state index contributed by atoms with van der Waals surface area (Å²) in [6, 6.07) is 7.97. The molecule has 20 heavy (non-hydrogen) atoms. The zero-order chi connectivity index (χ0) is 14.4. The van der Waals surface area contributed by atoms with Crippen molar-refractivity contribution >= 4 is 11.6 Å². The molecule has 0 unspecified atom stereocenters. The normalized spacial score (nSPS) is 10.6. The predicted octanol–water partition coefficient (Wildman–Crippen LogP) is 1.80. The maximum atomic E-state index is 8.79. The Morgan fingerprint density at radius 3 is 2.45 bits per heavy atom. The number of hydrogen-bond acceptors (Lipinski definition) is 5. The topological polar surface area (TPSA) is 75.0 Å². The van der Waals surface area contributed by atoms with E-state index in [9.17, 15) is 0 Å². The van der Waals surface area contributed by atoms with E-state index in [0.717, 1.165) is 36.1 Å². The number of hydrogen-bond donors (Lipinski definition) is 3. The number of nitrogens with one attached hydrogen (secondary N) is 2. The first kappa shape index (κ1) is 14.3. The average molecular weight is 275 g/mol. The van der Waals surface area contributed by atoms with E-state index in [-0.39, 0.29) is 6.61 Å². The third kappa shape index (κ3) is 3.08. The fourth-order valence-electron chi connectivity index (χ4n) is 2.04. The van der Waals surface area contributed by atoms with Crippen LogP contribution in [0.15, 0.2) is 24.3 Å². The van der Waals surface area contributed by atoms with E-state index in [0.29, 0.717) is 6.54 Å². The molecule has 2 rings (SSSR count). The highest BCUT2D eigenvalue weighted by molar-refractivity contribution is 5.61. The van der Waals surface area contributed by atoms with Gasteiger partial charge in [-0.05, 0) is 38.1 Å². The summed E-state index contributed by atoms with van der Waals surface area (Å²) >= 11 is 0. The summed E-state index contributed by atoms with van der Waals surface area (Å²) in [5.74, 6) is 1.66. The lowest BCUT2D eigenvalue weighted by Gasteiger charge is -2.09. The lowest BCUT2D eigenvalue weighted by Crippen LogP contribution is -2.07. The molecule has 1 heterocycles. The van der Waals surface area contributed by atoms with Gasteiger partial charge in [0.25, 0.3) is 0 Å². The van der Waals surface area contributed by atoms with Crippen molar-refractivity contribution in [3.8, 4) is 11.4 Å². The molecule has 0 saturated carbocycles. The molecule has 6 heteroatoms. The Morgan fingerprint density at radius 1 is 1.10 bits per heavy atom. The van der Waals surface area contributed by atoms with Gasteiger partial charge in [-0.3, -0.25) is 4.57 Å². The van der Waals surface area contributed by atoms with Crippen molar-refractivity contribution in [1.29, 1.82) is 0 Å². The number of rotatable bonds is 7. The van der Waals surface area contributed by atoms with E-state index in [1.165, 1.54) is 0 Å². The minimum Gasteiger partial charge on any atom is -0.395 e. The van der Waals surface area contributed by atoms with E-state index < -0.39 is 0 Å². The minimum absolute atomic E-state index is 0.123. The lowest BCUT2D eigenvalue weighted by molar-refractivity contribution is 0.311. The fraction of sp³-hybridized carbons (Fsp3) is 0.429. The Hall–Kier alpha value is -2.08. The van der Waals surface area contributed by atoms with Crippen molar-refractivity contribution < 1.29 is 5.11 Å². The van der Waals surface area contributed by atoms with Crippen molar-refractivity contribution in [2.75, 3.05) is 30.3 Å². The average Bonchev–Trinajstić information content (AvgIpc) is 2.89. The number of benzene rings is 1. The first-order valence-corrected chi connectivity index (χ1v) is 6.92. The highest BCUT2D eigenvalue weighted by atomic mass is 16.3. The maximum absolute atomic E-state index is 8.79. The van der Waals surface area contributed by atoms with Crippen LogP contribution in [0.25, 0.3) is 11.4 Å². The Bertz CT molecular complexity index is 535. The third-order valence-electron chi connectivity index (χ3n) is 2.99. The second kappa shape index (κ2) is 6.91. The number of nitrogens with zero attached hydrogens (tertiary/aromatic N) is 3. The van der Waals surface area contributed by atoms with Crippen LogP contribution in [0.1, 0.15) is 13.8 Å². The van der Waals surface area contributed by atoms with Gasteiger partial charge < -0.3 is 15.7 Å². The van der Waals surface area contributed by atoms with Crippen molar-refractivity contribution in [2.45, 2.75) is 20.4 Å². The number of anilines is 2. The van der Waals surface area contributed by atoms with Crippen LogP contribution < -0.4 is 10.6 Å². The van der Waals surface area contributed by atoms with Gasteiger partial charge >= 0.3 is 0 Å². The smallest absolute Gasteiger partial charge is 0.224 e. The highest BCUT2D eigenvalue weighted by Gasteiger charge is 2.11. The molecule has 3 N–H and O–H groups in total. The molecule has 0 radical (unpaired) electrons. The van der Waals surface area contributed by atoms with Gasteiger partial charge in [0.05, 0.1) is 6.61 Å². The SMILES string of the molecule is CCNc1nnc(-c2ccc(NCCO)cc2)n1CC. The molecule has 0 aliphatic carbocycles. The van der Waals surface area contributed by atoms with E-state index in [4.69, 9.17) is 5.11 Å². The Morgan fingerprint density at radius 2 is 1.85 bits per heavy atom. The van der Waals surface area contributed by atoms with Crippen LogP contribution in [0.3, 0.4) is 0 Å². The van der Waals surface area contributed by atoms with Crippen LogP contribution in [-0.2, 0) is 6.54 Å². The zero-order valence-corrected chi connectivity index (χ0v) is 11.9. The third-order valence-corrected chi connectivity index (χ3v) is 2.99. The molecule has 0 spiro atoms. The summed E-state index contributed by atoms with van der Waals surface area (Å²) in [5, 5.41) is 23.6. The van der Waals surface area contributed by atoms with Gasteiger partial charge in [0.1, 0.15) is 0 Å². The minimum atomic E-state index is 0.123. The molecule has 108 valence electrons. The Balaban J connectivity index is 2.22. The highest BCUT2D eigenvalue weighted by Crippen LogP contribution is 2.22. The Labute approximate surface area is 118 Å². The van der Waals surface area contributed by atoms with Crippen LogP contribution in [0.4, 0.5) is 11.6 Å². The second-order valence-electron chi connectivity index (χ2n) is 4.35. The van der Waals surface area contributed by atoms with Crippen LogP contribution in [0.5, 0.6) is 0 Å². The first-order valence-electron chi connectivity index (χ1n) is 6.92. The zero-order valence-electron chi connectivity index (χ0n) is 11.9. The van der Waals surface area contributed by atoms with Gasteiger partial charge in [-0.25, -0.2) is 0 Å². The molecule has 0 saturated heterocycles. The predicted molar refractivity (Wildman–Crippen MR) is 80.9 cm³/mol. The van der Waals surface area contributed by atoms with E-state index in [2.05, 4.69) is 32.3 Å². The summed E-state index contributed by atoms with van der Waals surface area (Å²) in [4.78, 5) is 0. The summed E-state index contributed by atoms with van der Waals surface area (Å²) in [6.07, 6.45) is 0. The standard InChI is InChI=1S/C14H21N5O/c1-3-15-14-18-17-13(19(14)4-2)11-5-7-12(8-6-11)16-9-10-20/h5-8,16,20H,3-4,9-10H2,1-2H3,(H,15,18). The lowest BCUT2D eigenvalue weighted by atomic mass is 10.2. The number of aromatic nitrogens is 3. The second-order valence-corrected chi connectivity index (χ2v) is 4.35. The monoisotopic (exact) mass is 275 g/mol. The summed E-state index contributed by atoms with van der Waals surface area (Å²) < 4.78 is 2.06. The summed E-state index contributed by atoms with van der Waals surface area (Å²) in [7, 11) is 0. The van der Waals surface area contributed by atoms with Crippen molar-refractivity contribution in [3.05, 3.63) is 24.3 Å². The molecule has 1 aromatic carbocycles. The van der Waals surface area contributed by atoms with Gasteiger partial charge in [0.2, 0.25) is 5.95 Å². The van der Waals surface area contributed by atoms with Crippen LogP contribution in [0.2, 0.25) is 0 Å². The van der Waals surface area contributed by atoms with Crippen LogP contribution in [0, 0.1) is 0 Å². The fourth-order valence-corrected chi connectivity index (χ4v) is 2.04. The van der Waals surface area contributed by atoms with E-state index in [1.807, 2.05) is 31.2 Å². The van der Waals surface area contributed by atoms with Crippen molar-refractivity contribution in [3.63, 3.8) is 0 Å². The molecular formula is C14H21N5O. The van der Waals surface area contributed by atoms with Crippen molar-refractivity contribution in [1.82, 2.24) is 14.8 Å². The molecule has 6 nitrogen and oxygen atoms in total. The van der Waals surface area contributed by atoms with Gasteiger partial charge in [-0.15, -0.1) is 10.2 Å². The Kier molecular flexibility index (Phi) is 4.95. The molecular weight excluding hydrogens is 254 g/mol. The van der Waals surface area contributed by atoms with Crippen LogP contribution in [-0.4, -0.2) is 39.6 Å². The van der Waals surface area contributed by atoms with Gasteiger partial charge in [-0.2, -0.15) is 0 Å². The number of aliphatic hydroxyl groups is 1.